The van der Waals surface area contributed by atoms with Gasteiger partial charge in [0.05, 0.1) is 30.1 Å². The topological polar surface area (TPSA) is 70.0 Å². The number of rotatable bonds is 0. The number of nitrogens with zero attached hydrogens (tertiary/aromatic N) is 1. The number of halogens is 1. The van der Waals surface area contributed by atoms with E-state index in [-0.39, 0.29) is 13.1 Å². The Kier molecular flexibility index (Phi) is 4.20. The summed E-state index contributed by atoms with van der Waals surface area (Å²) in [5.74, 6) is 0. The van der Waals surface area contributed by atoms with Gasteiger partial charge in [0.25, 0.3) is 0 Å². The van der Waals surface area contributed by atoms with Crippen molar-refractivity contribution in [2.45, 2.75) is 43.4 Å². The van der Waals surface area contributed by atoms with Gasteiger partial charge in [-0.3, -0.25) is 0 Å². The average Bonchev–Trinajstić information content (AvgIpc) is 2.10. The lowest BCUT2D eigenvalue weighted by atomic mass is 10.1. The van der Waals surface area contributed by atoms with E-state index < -0.39 is 28.7 Å². The number of aliphatic hydroxyl groups is 2. The summed E-state index contributed by atoms with van der Waals surface area (Å²) < 4.78 is 5.16. The molecule has 1 fully saturated rings. The zero-order valence-electron chi connectivity index (χ0n) is 9.68. The van der Waals surface area contributed by atoms with Crippen LogP contribution in [0, 0.1) is 0 Å². The fourth-order valence-electron chi connectivity index (χ4n) is 1.46. The predicted molar refractivity (Wildman–Crippen MR) is 62.5 cm³/mol. The summed E-state index contributed by atoms with van der Waals surface area (Å²) in [6.07, 6.45) is -2.07. The maximum Gasteiger partial charge on any atom is 0.410 e. The third-order valence-electron chi connectivity index (χ3n) is 2.20. The molecule has 2 unspecified atom stereocenters. The molecule has 1 aliphatic rings. The first-order chi connectivity index (χ1) is 7.20. The van der Waals surface area contributed by atoms with Crippen LogP contribution in [0.25, 0.3) is 0 Å². The number of likely N-dealkylation sites (tertiary alicyclic amines) is 1. The minimum atomic E-state index is -0.781. The van der Waals surface area contributed by atoms with Crippen LogP contribution in [0.5, 0.6) is 0 Å². The first kappa shape index (κ1) is 13.7. The minimum Gasteiger partial charge on any atom is -0.444 e. The van der Waals surface area contributed by atoms with Gasteiger partial charge in [-0.05, 0) is 20.8 Å². The number of carbonyl (C=O) groups excluding carboxylic acids is 1. The minimum absolute atomic E-state index is 0.169. The number of piperidine rings is 1. The lowest BCUT2D eigenvalue weighted by Gasteiger charge is -2.37. The molecule has 1 rings (SSSR count). The molecule has 1 heterocycles. The van der Waals surface area contributed by atoms with E-state index in [0.717, 1.165) is 0 Å². The van der Waals surface area contributed by atoms with Crippen molar-refractivity contribution in [2.75, 3.05) is 13.1 Å². The van der Waals surface area contributed by atoms with Crippen LogP contribution < -0.4 is 0 Å². The Morgan fingerprint density at radius 3 is 2.12 bits per heavy atom. The van der Waals surface area contributed by atoms with Gasteiger partial charge >= 0.3 is 6.09 Å². The maximum absolute atomic E-state index is 11.7. The zero-order chi connectivity index (χ0) is 12.5. The van der Waals surface area contributed by atoms with E-state index in [4.69, 9.17) is 4.74 Å². The molecule has 6 heteroatoms. The highest BCUT2D eigenvalue weighted by atomic mass is 79.9. The number of hydrogen-bond donors (Lipinski definition) is 2. The SMILES string of the molecule is CC(C)(C)OC(=O)N1CC(O)C(Br)C(O)C1. The molecule has 0 bridgehead atoms. The third-order valence-corrected chi connectivity index (χ3v) is 3.42. The molecule has 0 radical (unpaired) electrons. The van der Waals surface area contributed by atoms with Crippen molar-refractivity contribution in [3.05, 3.63) is 0 Å². The zero-order valence-corrected chi connectivity index (χ0v) is 11.3. The van der Waals surface area contributed by atoms with Crippen LogP contribution in [-0.2, 0) is 4.74 Å². The van der Waals surface area contributed by atoms with E-state index in [1.165, 1.54) is 4.90 Å². The van der Waals surface area contributed by atoms with Crippen molar-refractivity contribution in [2.24, 2.45) is 0 Å². The van der Waals surface area contributed by atoms with Gasteiger partial charge in [0.2, 0.25) is 0 Å². The largest absolute Gasteiger partial charge is 0.444 e. The van der Waals surface area contributed by atoms with Gasteiger partial charge in [-0.15, -0.1) is 0 Å². The molecule has 16 heavy (non-hydrogen) atoms. The number of ether oxygens (including phenoxy) is 1. The molecule has 1 aliphatic heterocycles. The lowest BCUT2D eigenvalue weighted by molar-refractivity contribution is -0.0244. The van der Waals surface area contributed by atoms with Crippen molar-refractivity contribution in [3.8, 4) is 0 Å². The van der Waals surface area contributed by atoms with Gasteiger partial charge in [-0.2, -0.15) is 0 Å². The highest BCUT2D eigenvalue weighted by Crippen LogP contribution is 2.20. The number of amides is 1. The molecule has 0 aromatic carbocycles. The van der Waals surface area contributed by atoms with E-state index in [1.54, 1.807) is 20.8 Å². The van der Waals surface area contributed by atoms with Crippen LogP contribution in [0.4, 0.5) is 4.79 Å². The summed E-state index contributed by atoms with van der Waals surface area (Å²) in [7, 11) is 0. The Hall–Kier alpha value is -0.330. The Bertz CT molecular complexity index is 254. The monoisotopic (exact) mass is 295 g/mol. The van der Waals surface area contributed by atoms with Gasteiger partial charge < -0.3 is 19.8 Å². The van der Waals surface area contributed by atoms with E-state index in [2.05, 4.69) is 15.9 Å². The number of carbonyl (C=O) groups is 1. The van der Waals surface area contributed by atoms with E-state index in [1.807, 2.05) is 0 Å². The Balaban J connectivity index is 2.58. The fraction of sp³-hybridized carbons (Fsp3) is 0.900. The molecule has 0 aliphatic carbocycles. The third kappa shape index (κ3) is 3.61. The number of hydrogen-bond acceptors (Lipinski definition) is 4. The number of β-amino-alcohol motifs (C(OH)–C–C–N with tert-alkyl or cyclic N) is 2. The summed E-state index contributed by atoms with van der Waals surface area (Å²) >= 11 is 3.18. The molecular formula is C10H18BrNO4. The molecule has 0 spiro atoms. The average molecular weight is 296 g/mol. The lowest BCUT2D eigenvalue weighted by Crippen LogP contribution is -2.55. The van der Waals surface area contributed by atoms with E-state index >= 15 is 0 Å². The summed E-state index contributed by atoms with van der Waals surface area (Å²) in [5.41, 5.74) is -0.571. The van der Waals surface area contributed by atoms with Crippen LogP contribution in [0.2, 0.25) is 0 Å². The van der Waals surface area contributed by atoms with Crippen LogP contribution >= 0.6 is 15.9 Å². The Morgan fingerprint density at radius 1 is 1.31 bits per heavy atom. The van der Waals surface area contributed by atoms with Crippen LogP contribution in [0.1, 0.15) is 20.8 Å². The molecular weight excluding hydrogens is 278 g/mol. The first-order valence-corrected chi connectivity index (χ1v) is 6.10. The molecule has 1 amide bonds. The normalized spacial score (nSPS) is 31.4. The highest BCUT2D eigenvalue weighted by Gasteiger charge is 2.36. The van der Waals surface area contributed by atoms with E-state index in [0.29, 0.717) is 0 Å². The second-order valence-corrected chi connectivity index (χ2v) is 6.02. The molecule has 2 atom stereocenters. The first-order valence-electron chi connectivity index (χ1n) is 5.19. The molecule has 0 aromatic rings. The summed E-state index contributed by atoms with van der Waals surface area (Å²) in [4.78, 5) is 12.6. The second-order valence-electron chi connectivity index (χ2n) is 4.96. The van der Waals surface area contributed by atoms with Crippen molar-refractivity contribution in [3.63, 3.8) is 0 Å². The quantitative estimate of drug-likeness (QED) is 0.646. The van der Waals surface area contributed by atoms with E-state index in [9.17, 15) is 15.0 Å². The molecule has 94 valence electrons. The van der Waals surface area contributed by atoms with Gasteiger partial charge in [-0.1, -0.05) is 15.9 Å². The van der Waals surface area contributed by atoms with Gasteiger partial charge in [0, 0.05) is 0 Å². The highest BCUT2D eigenvalue weighted by molar-refractivity contribution is 9.09. The van der Waals surface area contributed by atoms with Crippen LogP contribution in [0.15, 0.2) is 0 Å². The summed E-state index contributed by atoms with van der Waals surface area (Å²) in [6, 6.07) is 0. The second kappa shape index (κ2) is 4.89. The molecule has 0 saturated carbocycles. The predicted octanol–water partition coefficient (Wildman–Crippen LogP) is 0.722. The van der Waals surface area contributed by atoms with Crippen molar-refractivity contribution in [1.29, 1.82) is 0 Å². The van der Waals surface area contributed by atoms with Crippen LogP contribution in [0.3, 0.4) is 0 Å². The summed E-state index contributed by atoms with van der Waals surface area (Å²) in [5, 5.41) is 19.2. The summed E-state index contributed by atoms with van der Waals surface area (Å²) in [6.45, 7) is 5.66. The molecule has 1 saturated heterocycles. The van der Waals surface area contributed by atoms with Gasteiger partial charge in [0.15, 0.2) is 0 Å². The fourth-order valence-corrected chi connectivity index (χ4v) is 1.79. The molecule has 0 aromatic heterocycles. The van der Waals surface area contributed by atoms with Crippen molar-refractivity contribution >= 4 is 22.0 Å². The Labute approximate surface area is 104 Å². The molecule has 2 N–H and O–H groups in total. The smallest absolute Gasteiger partial charge is 0.410 e. The van der Waals surface area contributed by atoms with Crippen molar-refractivity contribution < 1.29 is 19.7 Å². The number of aliphatic hydroxyl groups excluding tert-OH is 2. The van der Waals surface area contributed by atoms with Gasteiger partial charge in [-0.25, -0.2) is 4.79 Å². The van der Waals surface area contributed by atoms with Crippen LogP contribution in [-0.4, -0.2) is 56.9 Å². The van der Waals surface area contributed by atoms with Crippen molar-refractivity contribution in [1.82, 2.24) is 4.90 Å². The Morgan fingerprint density at radius 2 is 1.75 bits per heavy atom. The maximum atomic E-state index is 11.7. The number of alkyl halides is 1. The molecule has 5 nitrogen and oxygen atoms in total. The standard InChI is InChI=1S/C10H18BrNO4/c1-10(2,3)16-9(15)12-4-6(13)8(11)7(14)5-12/h6-8,13-14H,4-5H2,1-3H3. The van der Waals surface area contributed by atoms with Gasteiger partial charge in [0.1, 0.15) is 5.60 Å².